The van der Waals surface area contributed by atoms with Crippen LogP contribution in [0.5, 0.6) is 11.5 Å². The van der Waals surface area contributed by atoms with Gasteiger partial charge in [0, 0.05) is 15.7 Å². The lowest BCUT2D eigenvalue weighted by Crippen LogP contribution is -2.36. The zero-order valence-corrected chi connectivity index (χ0v) is 19.0. The lowest BCUT2D eigenvalue weighted by atomic mass is 10.2. The minimum Gasteiger partial charge on any atom is -0.493 e. The summed E-state index contributed by atoms with van der Waals surface area (Å²) in [6.07, 6.45) is 1.69. The molecule has 1 N–H and O–H groups in total. The fourth-order valence-corrected chi connectivity index (χ4v) is 4.48. The molecule has 2 aromatic rings. The van der Waals surface area contributed by atoms with Crippen LogP contribution in [0.3, 0.4) is 0 Å². The number of methoxy groups -OCH3 is 2. The summed E-state index contributed by atoms with van der Waals surface area (Å²) in [4.78, 5) is 26.8. The summed E-state index contributed by atoms with van der Waals surface area (Å²) >= 11 is 18.3. The highest BCUT2D eigenvalue weighted by Gasteiger charge is 2.33. The molecule has 0 aromatic heterocycles. The van der Waals surface area contributed by atoms with Crippen LogP contribution in [0.1, 0.15) is 5.56 Å². The van der Waals surface area contributed by atoms with Crippen LogP contribution < -0.4 is 14.8 Å². The molecule has 1 heterocycles. The number of benzene rings is 2. The Hall–Kier alpha value is -2.26. The third-order valence-electron chi connectivity index (χ3n) is 4.03. The molecule has 0 bridgehead atoms. The Bertz CT molecular complexity index is 1040. The summed E-state index contributed by atoms with van der Waals surface area (Å²) in [5.41, 5.74) is 1.18. The molecule has 156 valence electrons. The van der Waals surface area contributed by atoms with Gasteiger partial charge in [-0.3, -0.25) is 14.5 Å². The summed E-state index contributed by atoms with van der Waals surface area (Å²) in [5.74, 6) is 0.359. The zero-order chi connectivity index (χ0) is 21.8. The van der Waals surface area contributed by atoms with Crippen molar-refractivity contribution in [1.82, 2.24) is 4.90 Å². The van der Waals surface area contributed by atoms with Gasteiger partial charge in [-0.05, 0) is 42.0 Å². The summed E-state index contributed by atoms with van der Waals surface area (Å²) in [6, 6.07) is 9.97. The molecule has 3 rings (SSSR count). The predicted octanol–water partition coefficient (Wildman–Crippen LogP) is 4.85. The Balaban J connectivity index is 1.73. The van der Waals surface area contributed by atoms with E-state index >= 15 is 0 Å². The van der Waals surface area contributed by atoms with Gasteiger partial charge < -0.3 is 14.8 Å². The number of anilines is 1. The van der Waals surface area contributed by atoms with Crippen molar-refractivity contribution in [2.45, 2.75) is 0 Å². The first-order chi connectivity index (χ1) is 14.3. The highest BCUT2D eigenvalue weighted by molar-refractivity contribution is 8.26. The topological polar surface area (TPSA) is 67.9 Å². The largest absolute Gasteiger partial charge is 0.493 e. The molecule has 6 nitrogen and oxygen atoms in total. The molecular weight excluding hydrogens is 467 g/mol. The quantitative estimate of drug-likeness (QED) is 0.468. The third-order valence-corrected chi connectivity index (χ3v) is 5.84. The molecule has 0 saturated carbocycles. The standard InChI is InChI=1S/C20H16Cl2N2O4S2/c1-27-15-4-3-11(5-16(15)28-2)6-17-19(26)24(20(29)30-17)10-18(25)23-14-8-12(21)7-13(22)9-14/h3-9H,10H2,1-2H3,(H,23,25)/b17-6-. The molecule has 0 unspecified atom stereocenters. The predicted molar refractivity (Wildman–Crippen MR) is 125 cm³/mol. The molecule has 0 aliphatic carbocycles. The van der Waals surface area contributed by atoms with E-state index in [0.29, 0.717) is 36.5 Å². The van der Waals surface area contributed by atoms with Crippen molar-refractivity contribution in [3.05, 3.63) is 56.9 Å². The number of halogens is 2. The van der Waals surface area contributed by atoms with Crippen LogP contribution in [0.25, 0.3) is 6.08 Å². The SMILES string of the molecule is COc1ccc(/C=C2\SC(=S)N(CC(=O)Nc3cc(Cl)cc(Cl)c3)C2=O)cc1OC. The monoisotopic (exact) mass is 482 g/mol. The fraction of sp³-hybridized carbons (Fsp3) is 0.150. The number of nitrogens with zero attached hydrogens (tertiary/aromatic N) is 1. The van der Waals surface area contributed by atoms with Gasteiger partial charge >= 0.3 is 0 Å². The average molecular weight is 483 g/mol. The van der Waals surface area contributed by atoms with E-state index in [0.717, 1.165) is 17.3 Å². The van der Waals surface area contributed by atoms with Gasteiger partial charge in [0.05, 0.1) is 19.1 Å². The Morgan fingerprint density at radius 1 is 1.13 bits per heavy atom. The highest BCUT2D eigenvalue weighted by Crippen LogP contribution is 2.34. The summed E-state index contributed by atoms with van der Waals surface area (Å²) in [7, 11) is 3.08. The first kappa shape index (κ1) is 22.4. The number of carbonyl (C=O) groups is 2. The zero-order valence-electron chi connectivity index (χ0n) is 15.9. The van der Waals surface area contributed by atoms with Crippen LogP contribution in [0.4, 0.5) is 5.69 Å². The molecule has 1 saturated heterocycles. The van der Waals surface area contributed by atoms with Gasteiger partial charge in [0.15, 0.2) is 11.5 Å². The lowest BCUT2D eigenvalue weighted by molar-refractivity contribution is -0.126. The number of nitrogens with one attached hydrogen (secondary N) is 1. The summed E-state index contributed by atoms with van der Waals surface area (Å²) in [5, 5.41) is 3.44. The molecule has 0 radical (unpaired) electrons. The van der Waals surface area contributed by atoms with Crippen LogP contribution in [0.15, 0.2) is 41.3 Å². The van der Waals surface area contributed by atoms with Crippen LogP contribution in [-0.4, -0.2) is 41.8 Å². The van der Waals surface area contributed by atoms with Gasteiger partial charge in [-0.2, -0.15) is 0 Å². The van der Waals surface area contributed by atoms with E-state index in [-0.39, 0.29) is 12.5 Å². The first-order valence-electron chi connectivity index (χ1n) is 8.54. The van der Waals surface area contributed by atoms with Crippen molar-refractivity contribution >= 4 is 75.1 Å². The van der Waals surface area contributed by atoms with Gasteiger partial charge in [-0.15, -0.1) is 0 Å². The molecule has 2 aromatic carbocycles. The maximum Gasteiger partial charge on any atom is 0.266 e. The molecule has 1 aliphatic rings. The van der Waals surface area contributed by atoms with E-state index in [1.165, 1.54) is 12.0 Å². The maximum absolute atomic E-state index is 12.8. The third kappa shape index (κ3) is 5.26. The smallest absolute Gasteiger partial charge is 0.266 e. The van der Waals surface area contributed by atoms with Crippen molar-refractivity contribution in [3.63, 3.8) is 0 Å². The number of amides is 2. The Morgan fingerprint density at radius 3 is 2.43 bits per heavy atom. The second-order valence-electron chi connectivity index (χ2n) is 6.09. The normalized spacial score (nSPS) is 14.9. The van der Waals surface area contributed by atoms with Crippen molar-refractivity contribution in [2.75, 3.05) is 26.1 Å². The maximum atomic E-state index is 12.8. The van der Waals surface area contributed by atoms with Gasteiger partial charge in [-0.1, -0.05) is 53.2 Å². The highest BCUT2D eigenvalue weighted by atomic mass is 35.5. The number of carbonyl (C=O) groups excluding carboxylic acids is 2. The Morgan fingerprint density at radius 2 is 1.80 bits per heavy atom. The minimum absolute atomic E-state index is 0.224. The van der Waals surface area contributed by atoms with E-state index < -0.39 is 5.91 Å². The molecule has 1 fully saturated rings. The second-order valence-corrected chi connectivity index (χ2v) is 8.64. The van der Waals surface area contributed by atoms with Gasteiger partial charge in [0.1, 0.15) is 10.9 Å². The van der Waals surface area contributed by atoms with E-state index in [9.17, 15) is 9.59 Å². The number of rotatable bonds is 6. The number of ether oxygens (including phenoxy) is 2. The summed E-state index contributed by atoms with van der Waals surface area (Å²) < 4.78 is 10.8. The van der Waals surface area contributed by atoms with Crippen LogP contribution in [0, 0.1) is 0 Å². The van der Waals surface area contributed by atoms with E-state index in [4.69, 9.17) is 44.9 Å². The lowest BCUT2D eigenvalue weighted by Gasteiger charge is -2.14. The molecule has 0 spiro atoms. The number of thiocarbonyl (C=S) groups is 1. The molecular formula is C20H16Cl2N2O4S2. The van der Waals surface area contributed by atoms with E-state index in [1.54, 1.807) is 49.6 Å². The average Bonchev–Trinajstić information content (AvgIpc) is 2.94. The van der Waals surface area contributed by atoms with E-state index in [1.807, 2.05) is 0 Å². The van der Waals surface area contributed by atoms with Crippen LogP contribution >= 0.6 is 47.2 Å². The fourth-order valence-electron chi connectivity index (χ4n) is 2.70. The van der Waals surface area contributed by atoms with Crippen molar-refractivity contribution in [2.24, 2.45) is 0 Å². The van der Waals surface area contributed by atoms with Gasteiger partial charge in [0.25, 0.3) is 5.91 Å². The molecule has 1 aliphatic heterocycles. The number of thioether (sulfide) groups is 1. The van der Waals surface area contributed by atoms with Crippen molar-refractivity contribution < 1.29 is 19.1 Å². The molecule has 30 heavy (non-hydrogen) atoms. The van der Waals surface area contributed by atoms with Gasteiger partial charge in [0.2, 0.25) is 5.91 Å². The van der Waals surface area contributed by atoms with Crippen LogP contribution in [-0.2, 0) is 9.59 Å². The Labute approximate surface area is 193 Å². The molecule has 0 atom stereocenters. The minimum atomic E-state index is -0.419. The first-order valence-corrected chi connectivity index (χ1v) is 10.5. The van der Waals surface area contributed by atoms with Gasteiger partial charge in [-0.25, -0.2) is 0 Å². The van der Waals surface area contributed by atoms with E-state index in [2.05, 4.69) is 5.32 Å². The number of hydrogen-bond acceptors (Lipinski definition) is 6. The van der Waals surface area contributed by atoms with Crippen LogP contribution in [0.2, 0.25) is 10.0 Å². The summed E-state index contributed by atoms with van der Waals surface area (Å²) in [6.45, 7) is -0.224. The van der Waals surface area contributed by atoms with Crippen molar-refractivity contribution in [3.8, 4) is 11.5 Å². The Kier molecular flexibility index (Phi) is 7.25. The molecule has 2 amide bonds. The van der Waals surface area contributed by atoms with Crippen molar-refractivity contribution in [1.29, 1.82) is 0 Å². The number of hydrogen-bond donors (Lipinski definition) is 1. The second kappa shape index (κ2) is 9.70. The molecule has 10 heteroatoms.